The summed E-state index contributed by atoms with van der Waals surface area (Å²) < 4.78 is 0. The van der Waals surface area contributed by atoms with Crippen molar-refractivity contribution in [1.82, 2.24) is 10.2 Å². The average Bonchev–Trinajstić information content (AvgIpc) is 2.78. The molecule has 98 valence electrons. The Morgan fingerprint density at radius 2 is 2.06 bits per heavy atom. The van der Waals surface area contributed by atoms with Crippen LogP contribution >= 0.6 is 0 Å². The molecule has 0 amide bonds. The summed E-state index contributed by atoms with van der Waals surface area (Å²) in [6.07, 6.45) is 4.91. The number of hydrogen-bond donors (Lipinski definition) is 1. The zero-order chi connectivity index (χ0) is 12.7. The summed E-state index contributed by atoms with van der Waals surface area (Å²) in [4.78, 5) is 2.46. The molecule has 1 heterocycles. The summed E-state index contributed by atoms with van der Waals surface area (Å²) >= 11 is 0. The summed E-state index contributed by atoms with van der Waals surface area (Å²) in [5.41, 5.74) is 0.519. The van der Waals surface area contributed by atoms with Crippen molar-refractivity contribution in [2.24, 2.45) is 5.41 Å². The van der Waals surface area contributed by atoms with Gasteiger partial charge in [-0.1, -0.05) is 20.8 Å². The highest BCUT2D eigenvalue weighted by molar-refractivity contribution is 4.96. The molecule has 1 aliphatic rings. The normalized spacial score (nSPS) is 21.3. The van der Waals surface area contributed by atoms with Gasteiger partial charge in [0, 0.05) is 13.1 Å². The number of nitrogens with one attached hydrogen (secondary N) is 1. The van der Waals surface area contributed by atoms with Crippen LogP contribution in [-0.2, 0) is 0 Å². The molecule has 1 unspecified atom stereocenters. The maximum absolute atomic E-state index is 9.12. The highest BCUT2D eigenvalue weighted by Gasteiger charge is 2.35. The summed E-state index contributed by atoms with van der Waals surface area (Å²) in [6, 6.07) is 2.37. The molecule has 1 atom stereocenters. The van der Waals surface area contributed by atoms with E-state index in [4.69, 9.17) is 5.26 Å². The molecule has 0 aromatic heterocycles. The standard InChI is InChI=1S/C14H27N3/c1-4-8-16-13(10-15)11-17-9-7-14(5-2,6-3)12-17/h13,16H,4-9,11-12H2,1-3H3. The van der Waals surface area contributed by atoms with Gasteiger partial charge in [0.05, 0.1) is 6.07 Å². The van der Waals surface area contributed by atoms with Gasteiger partial charge in [0.15, 0.2) is 0 Å². The molecule has 1 saturated heterocycles. The van der Waals surface area contributed by atoms with E-state index in [0.717, 1.165) is 26.1 Å². The van der Waals surface area contributed by atoms with Crippen molar-refractivity contribution in [3.63, 3.8) is 0 Å². The third-order valence-electron chi connectivity index (χ3n) is 4.25. The summed E-state index contributed by atoms with van der Waals surface area (Å²) in [7, 11) is 0. The van der Waals surface area contributed by atoms with Gasteiger partial charge >= 0.3 is 0 Å². The number of nitriles is 1. The molecule has 1 rings (SSSR count). The largest absolute Gasteiger partial charge is 0.301 e. The van der Waals surface area contributed by atoms with Gasteiger partial charge in [0.1, 0.15) is 6.04 Å². The minimum atomic E-state index is -0.000498. The Hall–Kier alpha value is -0.590. The number of nitrogens with zero attached hydrogens (tertiary/aromatic N) is 2. The quantitative estimate of drug-likeness (QED) is 0.739. The van der Waals surface area contributed by atoms with Crippen LogP contribution in [0.2, 0.25) is 0 Å². The minimum Gasteiger partial charge on any atom is -0.301 e. The van der Waals surface area contributed by atoms with Gasteiger partial charge < -0.3 is 10.2 Å². The van der Waals surface area contributed by atoms with E-state index >= 15 is 0 Å². The first-order chi connectivity index (χ1) is 8.19. The monoisotopic (exact) mass is 237 g/mol. The zero-order valence-electron chi connectivity index (χ0n) is 11.6. The molecule has 3 nitrogen and oxygen atoms in total. The maximum atomic E-state index is 9.12. The van der Waals surface area contributed by atoms with Crippen LogP contribution in [0, 0.1) is 16.7 Å². The molecule has 0 radical (unpaired) electrons. The summed E-state index contributed by atoms with van der Waals surface area (Å²) in [5, 5.41) is 12.4. The molecule has 1 N–H and O–H groups in total. The Bertz CT molecular complexity index is 253. The van der Waals surface area contributed by atoms with Crippen LogP contribution in [0.25, 0.3) is 0 Å². The third kappa shape index (κ3) is 3.97. The Labute approximate surface area is 106 Å². The Balaban J connectivity index is 2.40. The second-order valence-corrected chi connectivity index (χ2v) is 5.33. The maximum Gasteiger partial charge on any atom is 0.108 e. The van der Waals surface area contributed by atoms with E-state index < -0.39 is 0 Å². The molecule has 1 aliphatic heterocycles. The van der Waals surface area contributed by atoms with E-state index in [1.54, 1.807) is 0 Å². The lowest BCUT2D eigenvalue weighted by Gasteiger charge is -2.27. The fourth-order valence-corrected chi connectivity index (χ4v) is 2.74. The van der Waals surface area contributed by atoms with Gasteiger partial charge in [-0.3, -0.25) is 0 Å². The molecule has 0 spiro atoms. The topological polar surface area (TPSA) is 39.1 Å². The van der Waals surface area contributed by atoms with E-state index in [2.05, 4.69) is 37.1 Å². The summed E-state index contributed by atoms with van der Waals surface area (Å²) in [6.45, 7) is 10.9. The predicted octanol–water partition coefficient (Wildman–Crippen LogP) is 2.39. The first-order valence-electron chi connectivity index (χ1n) is 7.05. The molecule has 0 bridgehead atoms. The molecule has 0 aromatic carbocycles. The van der Waals surface area contributed by atoms with Crippen molar-refractivity contribution in [2.75, 3.05) is 26.2 Å². The first kappa shape index (κ1) is 14.5. The van der Waals surface area contributed by atoms with Gasteiger partial charge in [-0.2, -0.15) is 5.26 Å². The van der Waals surface area contributed by atoms with Crippen molar-refractivity contribution in [3.05, 3.63) is 0 Å². The van der Waals surface area contributed by atoms with Crippen LogP contribution in [0.4, 0.5) is 0 Å². The molecule has 17 heavy (non-hydrogen) atoms. The molecular formula is C14H27N3. The van der Waals surface area contributed by atoms with Crippen LogP contribution in [0.3, 0.4) is 0 Å². The highest BCUT2D eigenvalue weighted by Crippen LogP contribution is 2.36. The fourth-order valence-electron chi connectivity index (χ4n) is 2.74. The van der Waals surface area contributed by atoms with Crippen LogP contribution in [0.5, 0.6) is 0 Å². The van der Waals surface area contributed by atoms with E-state index in [9.17, 15) is 0 Å². The van der Waals surface area contributed by atoms with Crippen LogP contribution in [0.15, 0.2) is 0 Å². The van der Waals surface area contributed by atoms with Gasteiger partial charge in [-0.15, -0.1) is 0 Å². The van der Waals surface area contributed by atoms with Crippen LogP contribution in [0.1, 0.15) is 46.5 Å². The second-order valence-electron chi connectivity index (χ2n) is 5.33. The van der Waals surface area contributed by atoms with E-state index in [1.165, 1.54) is 25.8 Å². The van der Waals surface area contributed by atoms with Gasteiger partial charge in [-0.25, -0.2) is 0 Å². The van der Waals surface area contributed by atoms with Crippen LogP contribution < -0.4 is 5.32 Å². The zero-order valence-corrected chi connectivity index (χ0v) is 11.6. The Kier molecular flexibility index (Phi) is 5.94. The number of hydrogen-bond acceptors (Lipinski definition) is 3. The molecule has 0 saturated carbocycles. The lowest BCUT2D eigenvalue weighted by atomic mass is 9.82. The smallest absolute Gasteiger partial charge is 0.108 e. The van der Waals surface area contributed by atoms with E-state index in [1.807, 2.05) is 0 Å². The van der Waals surface area contributed by atoms with Crippen molar-refractivity contribution in [3.8, 4) is 6.07 Å². The lowest BCUT2D eigenvalue weighted by molar-refractivity contribution is 0.233. The van der Waals surface area contributed by atoms with Crippen molar-refractivity contribution >= 4 is 0 Å². The SMILES string of the molecule is CCCNC(C#N)CN1CCC(CC)(CC)C1. The lowest BCUT2D eigenvalue weighted by Crippen LogP contribution is -2.40. The van der Waals surface area contributed by atoms with Gasteiger partial charge in [-0.05, 0) is 44.2 Å². The van der Waals surface area contributed by atoms with Gasteiger partial charge in [0.25, 0.3) is 0 Å². The predicted molar refractivity (Wildman–Crippen MR) is 71.8 cm³/mol. The Morgan fingerprint density at radius 1 is 1.35 bits per heavy atom. The first-order valence-corrected chi connectivity index (χ1v) is 7.05. The number of likely N-dealkylation sites (tertiary alicyclic amines) is 1. The number of rotatable bonds is 7. The molecule has 0 aliphatic carbocycles. The van der Waals surface area contributed by atoms with E-state index in [0.29, 0.717) is 5.41 Å². The Morgan fingerprint density at radius 3 is 2.53 bits per heavy atom. The van der Waals surface area contributed by atoms with Gasteiger partial charge in [0.2, 0.25) is 0 Å². The van der Waals surface area contributed by atoms with Crippen molar-refractivity contribution in [1.29, 1.82) is 5.26 Å². The van der Waals surface area contributed by atoms with E-state index in [-0.39, 0.29) is 6.04 Å². The summed E-state index contributed by atoms with van der Waals surface area (Å²) in [5.74, 6) is 0. The average molecular weight is 237 g/mol. The molecule has 3 heteroatoms. The van der Waals surface area contributed by atoms with Crippen molar-refractivity contribution < 1.29 is 0 Å². The molecule has 0 aromatic rings. The highest BCUT2D eigenvalue weighted by atomic mass is 15.2. The van der Waals surface area contributed by atoms with Crippen LogP contribution in [-0.4, -0.2) is 37.1 Å². The molecular weight excluding hydrogens is 210 g/mol. The molecule has 1 fully saturated rings. The third-order valence-corrected chi connectivity index (χ3v) is 4.25. The minimum absolute atomic E-state index is 0.000498. The van der Waals surface area contributed by atoms with Crippen molar-refractivity contribution in [2.45, 2.75) is 52.5 Å². The second kappa shape index (κ2) is 6.98. The fraction of sp³-hybridized carbons (Fsp3) is 0.929.